The Bertz CT molecular complexity index is 2230. The molecule has 2 aromatic heterocycles. The molecule has 0 saturated heterocycles. The molecular formula is C39H24FNO. The summed E-state index contributed by atoms with van der Waals surface area (Å²) >= 11 is 0. The van der Waals surface area contributed by atoms with E-state index in [0.717, 1.165) is 77.3 Å². The van der Waals surface area contributed by atoms with Gasteiger partial charge in [-0.3, -0.25) is 4.98 Å². The van der Waals surface area contributed by atoms with Gasteiger partial charge in [0, 0.05) is 27.9 Å². The molecule has 0 amide bonds. The van der Waals surface area contributed by atoms with Crippen molar-refractivity contribution in [2.24, 2.45) is 0 Å². The van der Waals surface area contributed by atoms with Gasteiger partial charge in [0.05, 0.1) is 5.52 Å². The Hall–Kier alpha value is -5.54. The summed E-state index contributed by atoms with van der Waals surface area (Å²) in [4.78, 5) is 4.81. The molecule has 0 aliphatic carbocycles. The van der Waals surface area contributed by atoms with E-state index in [2.05, 4.69) is 97.1 Å². The summed E-state index contributed by atoms with van der Waals surface area (Å²) in [7, 11) is 0. The van der Waals surface area contributed by atoms with Crippen molar-refractivity contribution >= 4 is 32.8 Å². The average Bonchev–Trinajstić information content (AvgIpc) is 3.43. The molecule has 0 aliphatic heterocycles. The standard InChI is InChI=1S/C39H24FNO/c40-34-18-15-26(16-19-34)25-5-7-28(8-6-25)31-13-14-32-21-33(24-41-37(32)23-31)29-11-9-27(10-12-29)30-17-20-39-36(22-30)35-3-1-2-4-38(35)42-39/h1-24H. The molecule has 0 radical (unpaired) electrons. The monoisotopic (exact) mass is 541 g/mol. The van der Waals surface area contributed by atoms with Gasteiger partial charge in [0.25, 0.3) is 0 Å². The zero-order chi connectivity index (χ0) is 28.0. The maximum atomic E-state index is 13.3. The Kier molecular flexibility index (Phi) is 5.68. The van der Waals surface area contributed by atoms with Gasteiger partial charge in [-0.05, 0) is 81.4 Å². The molecule has 0 saturated carbocycles. The number of halogens is 1. The Morgan fingerprint density at radius 3 is 1.67 bits per heavy atom. The van der Waals surface area contributed by atoms with E-state index in [1.54, 1.807) is 12.1 Å². The molecule has 8 rings (SSSR count). The summed E-state index contributed by atoms with van der Waals surface area (Å²) < 4.78 is 19.3. The van der Waals surface area contributed by atoms with E-state index in [4.69, 9.17) is 9.40 Å². The average molecular weight is 542 g/mol. The van der Waals surface area contributed by atoms with E-state index < -0.39 is 0 Å². The van der Waals surface area contributed by atoms with Crippen molar-refractivity contribution in [3.63, 3.8) is 0 Å². The fraction of sp³-hybridized carbons (Fsp3) is 0. The first-order chi connectivity index (χ1) is 20.7. The van der Waals surface area contributed by atoms with Crippen LogP contribution < -0.4 is 0 Å². The van der Waals surface area contributed by atoms with Gasteiger partial charge < -0.3 is 4.42 Å². The number of para-hydroxylation sites is 1. The van der Waals surface area contributed by atoms with Gasteiger partial charge in [-0.2, -0.15) is 0 Å². The van der Waals surface area contributed by atoms with E-state index in [-0.39, 0.29) is 5.82 Å². The van der Waals surface area contributed by atoms with Gasteiger partial charge in [-0.15, -0.1) is 0 Å². The van der Waals surface area contributed by atoms with E-state index in [0.29, 0.717) is 0 Å². The Morgan fingerprint density at radius 1 is 0.429 bits per heavy atom. The fourth-order valence-electron chi connectivity index (χ4n) is 5.72. The van der Waals surface area contributed by atoms with Crippen LogP contribution in [0.25, 0.3) is 77.3 Å². The van der Waals surface area contributed by atoms with Gasteiger partial charge in [0.1, 0.15) is 17.0 Å². The Labute approximate surface area is 242 Å². The van der Waals surface area contributed by atoms with Crippen molar-refractivity contribution < 1.29 is 8.81 Å². The highest BCUT2D eigenvalue weighted by atomic mass is 19.1. The highest BCUT2D eigenvalue weighted by Crippen LogP contribution is 2.34. The van der Waals surface area contributed by atoms with E-state index in [9.17, 15) is 4.39 Å². The lowest BCUT2D eigenvalue weighted by Gasteiger charge is -2.08. The molecular weight excluding hydrogens is 517 g/mol. The predicted molar refractivity (Wildman–Crippen MR) is 171 cm³/mol. The quantitative estimate of drug-likeness (QED) is 0.221. The van der Waals surface area contributed by atoms with Crippen LogP contribution in [0.3, 0.4) is 0 Å². The number of hydrogen-bond acceptors (Lipinski definition) is 2. The highest BCUT2D eigenvalue weighted by molar-refractivity contribution is 6.06. The lowest BCUT2D eigenvalue weighted by atomic mass is 9.98. The van der Waals surface area contributed by atoms with Gasteiger partial charge in [-0.1, -0.05) is 97.1 Å². The Morgan fingerprint density at radius 2 is 0.952 bits per heavy atom. The number of fused-ring (bicyclic) bond motifs is 4. The van der Waals surface area contributed by atoms with E-state index in [1.165, 1.54) is 12.1 Å². The van der Waals surface area contributed by atoms with Gasteiger partial charge in [0.2, 0.25) is 0 Å². The maximum Gasteiger partial charge on any atom is 0.135 e. The summed E-state index contributed by atoms with van der Waals surface area (Å²) in [6, 6.07) is 46.7. The maximum absolute atomic E-state index is 13.3. The zero-order valence-corrected chi connectivity index (χ0v) is 22.6. The molecule has 3 heteroatoms. The second-order valence-electron chi connectivity index (χ2n) is 10.6. The van der Waals surface area contributed by atoms with Crippen molar-refractivity contribution in [3.05, 3.63) is 152 Å². The van der Waals surface area contributed by atoms with Crippen LogP contribution in [-0.4, -0.2) is 4.98 Å². The summed E-state index contributed by atoms with van der Waals surface area (Å²) in [5.74, 6) is -0.225. The molecule has 8 aromatic rings. The van der Waals surface area contributed by atoms with Crippen molar-refractivity contribution in [2.45, 2.75) is 0 Å². The molecule has 0 N–H and O–H groups in total. The third-order valence-electron chi connectivity index (χ3n) is 8.01. The molecule has 6 aromatic carbocycles. The summed E-state index contributed by atoms with van der Waals surface area (Å²) in [5, 5.41) is 3.37. The molecule has 0 fully saturated rings. The SMILES string of the molecule is Fc1ccc(-c2ccc(-c3ccc4cc(-c5ccc(-c6ccc7oc8ccccc8c7c6)cc5)cnc4c3)cc2)cc1. The van der Waals surface area contributed by atoms with Crippen molar-refractivity contribution in [3.8, 4) is 44.5 Å². The second kappa shape index (κ2) is 9.83. The molecule has 42 heavy (non-hydrogen) atoms. The number of furan rings is 1. The van der Waals surface area contributed by atoms with Gasteiger partial charge >= 0.3 is 0 Å². The van der Waals surface area contributed by atoms with Crippen molar-refractivity contribution in [2.75, 3.05) is 0 Å². The number of rotatable bonds is 4. The first-order valence-electron chi connectivity index (χ1n) is 14.0. The van der Waals surface area contributed by atoms with Crippen molar-refractivity contribution in [1.29, 1.82) is 0 Å². The second-order valence-corrected chi connectivity index (χ2v) is 10.6. The van der Waals surface area contributed by atoms with Crippen molar-refractivity contribution in [1.82, 2.24) is 4.98 Å². The smallest absolute Gasteiger partial charge is 0.135 e. The minimum atomic E-state index is -0.225. The number of benzene rings is 6. The summed E-state index contributed by atoms with van der Waals surface area (Å²) in [5.41, 5.74) is 11.6. The molecule has 2 nitrogen and oxygen atoms in total. The van der Waals surface area contributed by atoms with Gasteiger partial charge in [0.15, 0.2) is 0 Å². The first kappa shape index (κ1) is 24.3. The van der Waals surface area contributed by atoms with Crippen LogP contribution in [0.4, 0.5) is 4.39 Å². The predicted octanol–water partition coefficient (Wildman–Crippen LogP) is 10.9. The van der Waals surface area contributed by atoms with Gasteiger partial charge in [-0.25, -0.2) is 4.39 Å². The molecule has 2 heterocycles. The van der Waals surface area contributed by atoms with Crippen LogP contribution in [0.2, 0.25) is 0 Å². The minimum Gasteiger partial charge on any atom is -0.456 e. The molecule has 198 valence electrons. The highest BCUT2D eigenvalue weighted by Gasteiger charge is 2.09. The van der Waals surface area contributed by atoms with E-state index in [1.807, 2.05) is 24.4 Å². The lowest BCUT2D eigenvalue weighted by Crippen LogP contribution is -1.86. The molecule has 0 spiro atoms. The Balaban J connectivity index is 1.05. The number of nitrogens with zero attached hydrogens (tertiary/aromatic N) is 1. The largest absolute Gasteiger partial charge is 0.456 e. The minimum absolute atomic E-state index is 0.225. The third-order valence-corrected chi connectivity index (χ3v) is 8.01. The van der Waals surface area contributed by atoms with Crippen LogP contribution >= 0.6 is 0 Å². The summed E-state index contributed by atoms with van der Waals surface area (Å²) in [6.07, 6.45) is 1.95. The third kappa shape index (κ3) is 4.32. The number of hydrogen-bond donors (Lipinski definition) is 0. The van der Waals surface area contributed by atoms with E-state index >= 15 is 0 Å². The first-order valence-corrected chi connectivity index (χ1v) is 14.0. The molecule has 0 unspecified atom stereocenters. The van der Waals surface area contributed by atoms with Crippen LogP contribution in [-0.2, 0) is 0 Å². The fourth-order valence-corrected chi connectivity index (χ4v) is 5.72. The normalized spacial score (nSPS) is 11.5. The van der Waals surface area contributed by atoms with Crippen LogP contribution in [0, 0.1) is 5.82 Å². The summed E-state index contributed by atoms with van der Waals surface area (Å²) in [6.45, 7) is 0. The van der Waals surface area contributed by atoms with Crippen LogP contribution in [0.1, 0.15) is 0 Å². The lowest BCUT2D eigenvalue weighted by molar-refractivity contribution is 0.628. The number of pyridine rings is 1. The van der Waals surface area contributed by atoms with Crippen LogP contribution in [0.15, 0.2) is 150 Å². The van der Waals surface area contributed by atoms with Crippen LogP contribution in [0.5, 0.6) is 0 Å². The topological polar surface area (TPSA) is 26.0 Å². The molecule has 0 aliphatic rings. The number of aromatic nitrogens is 1. The zero-order valence-electron chi connectivity index (χ0n) is 22.6. The molecule has 0 atom stereocenters. The molecule has 0 bridgehead atoms.